The fraction of sp³-hybridized carbons (Fsp3) is 0.394. The molecule has 6 heterocycles. The Kier molecular flexibility index (Phi) is 38.9. The molecule has 0 saturated carbocycles. The number of carbonyl (C=O) groups excluding carboxylic acids is 3. The van der Waals surface area contributed by atoms with Gasteiger partial charge in [0.2, 0.25) is 53.5 Å². The van der Waals surface area contributed by atoms with E-state index in [0.29, 0.717) is 24.8 Å². The maximum Gasteiger partial charge on any atom is 0.459 e. The van der Waals surface area contributed by atoms with Gasteiger partial charge in [-0.1, -0.05) is 199 Å². The average Bonchev–Trinajstić information content (AvgIpc) is 1.60. The van der Waals surface area contributed by atoms with Crippen molar-refractivity contribution in [2.75, 3.05) is 37.0 Å². The van der Waals surface area contributed by atoms with E-state index in [-0.39, 0.29) is 53.8 Å². The molecule has 36 nitrogen and oxygen atoms in total. The number of hydrogen-bond acceptors (Lipinski definition) is 30. The number of rotatable bonds is 37. The van der Waals surface area contributed by atoms with Crippen molar-refractivity contribution in [1.29, 1.82) is 0 Å². The number of nitrogens with two attached hydrogens (primary N) is 3. The minimum atomic E-state index is -4.48. The number of esters is 3. The van der Waals surface area contributed by atoms with Gasteiger partial charge in [0.1, 0.15) is 97.4 Å². The first-order chi connectivity index (χ1) is 68.3. The molecule has 3 aromatic heterocycles. The first-order valence-corrected chi connectivity index (χ1v) is 55.6. The molecule has 0 radical (unpaired) electrons. The highest BCUT2D eigenvalue weighted by Crippen LogP contribution is 2.55. The number of para-hydroxylation sites is 2. The summed E-state index contributed by atoms with van der Waals surface area (Å²) in [5.74, 6) is -27.1. The molecule has 792 valence electrons. The quantitative estimate of drug-likeness (QED) is 0.00341. The van der Waals surface area contributed by atoms with E-state index < -0.39 is 232 Å². The lowest BCUT2D eigenvalue weighted by molar-refractivity contribution is -0.147. The monoisotopic (exact) mass is 2150 g/mol. The third-order valence-electron chi connectivity index (χ3n) is 23.3. The smallest absolute Gasteiger partial charge is 0.459 e. The maximum absolute atomic E-state index is 16.2. The standard InChI is InChI=1S/C31H41F2N4O8PSi.C25H27F2N4O8P.C23H19F5NO4P.C15H25F2N3O4Si/c1-21(27(38)41-19-22-13-9-7-10-14-22)36-46(40,44-23-15-11-8-12-16-23)42-20-24-26(45-47(5,6)30(2,3)4)31(32,33)28(43-24)37-18-17-25(34)35-29(37)39;1-16(22(33)36-14-17-8-4-2-5-9-17)30-40(35,39-18-10-6-3-7-11-18)37-15-19-21(32)25(26,27)23(38-19)31-13-12-20(28)29-24(31)34;1-14(23(30)32-12-15-8-4-2-5-9-15)29-34(31,13-16-10-6-3-7-11-16)33-22-20(27)18(25)17(24)19(26)21(22)28;1-14(2,3)25(4,5)24-11-9(8-21)23-12(15(11,16)17)20-7-6-10(18)19-13(20)22/h7-18,21,24,26,28H,19-20H2,1-6H3,(H,36,40)(H2,34,35,39);2-13,16,19,21,23,32H,14-15H2,1H3,(H,30,35)(H2,28,29,34);2-11,14H,12-13H2,1H3,(H,29,31);6-7,9,11-12,21H,8H2,1-5H3,(H2,18,19,22)/t21-,24+,26+,28+,46+;16-,19+,21+,23+,40+;14-,34+;9-,11-,12-/m0001/s1. The van der Waals surface area contributed by atoms with Gasteiger partial charge in [0, 0.05) is 18.6 Å². The molecule has 11 N–H and O–H groups in total. The Morgan fingerprint density at radius 3 is 1.05 bits per heavy atom. The number of nitrogens with zero attached hydrogens (tertiary/aromatic N) is 6. The molecule has 146 heavy (non-hydrogen) atoms. The molecule has 0 amide bonds. The summed E-state index contributed by atoms with van der Waals surface area (Å²) in [6.07, 6.45) is -14.3. The Morgan fingerprint density at radius 2 is 0.719 bits per heavy atom. The molecule has 0 aliphatic carbocycles. The van der Waals surface area contributed by atoms with E-state index in [1.165, 1.54) is 69.3 Å². The van der Waals surface area contributed by atoms with Crippen molar-refractivity contribution in [2.24, 2.45) is 0 Å². The van der Waals surface area contributed by atoms with Crippen molar-refractivity contribution in [1.82, 2.24) is 43.9 Å². The topological polar surface area (TPSA) is 482 Å². The van der Waals surface area contributed by atoms with E-state index in [2.05, 4.69) is 30.2 Å². The molecular weight excluding hydrogens is 2040 g/mol. The predicted octanol–water partition coefficient (Wildman–Crippen LogP) is 15.9. The maximum atomic E-state index is 16.2. The van der Waals surface area contributed by atoms with E-state index in [1.54, 1.807) is 153 Å². The Bertz CT molecular complexity index is 6410. The van der Waals surface area contributed by atoms with Gasteiger partial charge >= 0.3 is 75.8 Å². The minimum Gasteiger partial charge on any atom is -0.460 e. The molecule has 13 rings (SSSR count). The Labute approximate surface area is 832 Å². The summed E-state index contributed by atoms with van der Waals surface area (Å²) in [6, 6.07) is 49.8. The number of anilines is 3. The number of ether oxygens (including phenoxy) is 6. The van der Waals surface area contributed by atoms with Crippen LogP contribution in [-0.2, 0) is 100 Å². The minimum absolute atomic E-state index is 0.0331. The van der Waals surface area contributed by atoms with Gasteiger partial charge in [0.05, 0.1) is 26.0 Å². The van der Waals surface area contributed by atoms with E-state index in [1.807, 2.05) is 60.7 Å². The Hall–Kier alpha value is -11.7. The van der Waals surface area contributed by atoms with Crippen molar-refractivity contribution in [2.45, 2.75) is 216 Å². The normalized spacial score (nSPS) is 20.8. The molecule has 3 saturated heterocycles. The number of hydrogen-bond donors (Lipinski definition) is 8. The molecule has 0 bridgehead atoms. The van der Waals surface area contributed by atoms with Crippen LogP contribution in [0.4, 0.5) is 65.7 Å². The first kappa shape index (κ1) is 116. The Morgan fingerprint density at radius 1 is 0.432 bits per heavy atom. The van der Waals surface area contributed by atoms with E-state index >= 15 is 17.6 Å². The molecule has 15 atom stereocenters. The van der Waals surface area contributed by atoms with E-state index in [9.17, 15) is 83.4 Å². The zero-order chi connectivity index (χ0) is 108. The van der Waals surface area contributed by atoms with Gasteiger partial charge in [0.25, 0.3) is 0 Å². The lowest BCUT2D eigenvalue weighted by Crippen LogP contribution is -2.52. The van der Waals surface area contributed by atoms with Crippen LogP contribution in [0, 0.1) is 29.1 Å². The number of aliphatic hydroxyl groups excluding tert-OH is 2. The van der Waals surface area contributed by atoms with Crippen molar-refractivity contribution in [3.05, 3.63) is 302 Å². The summed E-state index contributed by atoms with van der Waals surface area (Å²) in [5.41, 5.74) is 15.7. The second kappa shape index (κ2) is 48.9. The predicted molar refractivity (Wildman–Crippen MR) is 515 cm³/mol. The second-order valence-corrected chi connectivity index (χ2v) is 51.5. The van der Waals surface area contributed by atoms with Crippen LogP contribution in [0.2, 0.25) is 36.3 Å². The van der Waals surface area contributed by atoms with Gasteiger partial charge in [-0.25, -0.2) is 41.8 Å². The zero-order valence-electron chi connectivity index (χ0n) is 81.0. The third kappa shape index (κ3) is 30.1. The van der Waals surface area contributed by atoms with Crippen molar-refractivity contribution >= 4 is 75.0 Å². The van der Waals surface area contributed by atoms with Gasteiger partial charge in [0.15, 0.2) is 22.7 Å². The number of nitrogens with one attached hydrogen (secondary N) is 3. The highest BCUT2D eigenvalue weighted by Gasteiger charge is 2.66. The van der Waals surface area contributed by atoms with Crippen molar-refractivity contribution < 1.29 is 146 Å². The van der Waals surface area contributed by atoms with Crippen LogP contribution in [0.15, 0.2) is 233 Å². The highest BCUT2D eigenvalue weighted by molar-refractivity contribution is 7.56. The first-order valence-electron chi connectivity index (χ1n) is 44.9. The number of benzene rings is 7. The summed E-state index contributed by atoms with van der Waals surface area (Å²) >= 11 is 0. The number of aliphatic hydroxyl groups is 2. The third-order valence-corrected chi connectivity index (χ3v) is 37.5. The number of halogens is 11. The molecular formula is C94H112F11N12O24P3Si2. The van der Waals surface area contributed by atoms with Crippen LogP contribution in [0.5, 0.6) is 17.2 Å². The number of carbonyl (C=O) groups is 3. The van der Waals surface area contributed by atoms with Gasteiger partial charge in [-0.15, -0.1) is 0 Å². The number of nitrogen functional groups attached to an aromatic ring is 3. The lowest BCUT2D eigenvalue weighted by Gasteiger charge is -2.40. The molecule has 10 aromatic rings. The number of alkyl halides is 6. The number of aromatic nitrogens is 6. The SMILES string of the molecule is CC(C)(C)[Si](C)(C)O[C@@H]1[C@@H](CO)O[C@@H](n2ccc(N)nc2=O)C1(F)F.C[C@H](N[P@@](=O)(Cc1ccccc1)Oc1c(F)c(F)c(F)c(F)c1F)C(=O)OCc1ccccc1.C[C@H](N[P@@](=O)(OC[C@H]1O[C@@H](n2ccc(N)nc2=O)C(F)(F)[C@@H]1O)Oc1ccccc1)C(=O)OCc1ccccc1.C[C@H](N[P@@](=O)(OC[C@H]1O[C@@H](n2ccc(N)nc2=O)C(F)(F)[C@@H]1O[Si](C)(C)C(C)(C)C)Oc1ccccc1)C(=O)OCc1ccccc1. The van der Waals surface area contributed by atoms with E-state index in [4.69, 9.17) is 77.1 Å². The molecule has 3 fully saturated rings. The fourth-order valence-corrected chi connectivity index (χ4v) is 21.1. The van der Waals surface area contributed by atoms with Crippen LogP contribution in [-0.4, -0.2) is 166 Å². The second-order valence-electron chi connectivity index (χ2n) is 36.5. The molecule has 3 aliphatic heterocycles. The highest BCUT2D eigenvalue weighted by atomic mass is 31.2. The summed E-state index contributed by atoms with van der Waals surface area (Å²) in [6.45, 7) is 20.2. The van der Waals surface area contributed by atoms with Gasteiger partial charge in [-0.3, -0.25) is 41.7 Å². The fourth-order valence-electron chi connectivity index (χ4n) is 13.4. The van der Waals surface area contributed by atoms with Gasteiger partial charge < -0.3 is 78.3 Å². The van der Waals surface area contributed by atoms with Crippen LogP contribution < -0.4 is 63.1 Å². The van der Waals surface area contributed by atoms with Gasteiger partial charge in [-0.2, -0.15) is 60.2 Å². The van der Waals surface area contributed by atoms with Crippen LogP contribution in [0.1, 0.15) is 103 Å². The van der Waals surface area contributed by atoms with Crippen LogP contribution >= 0.6 is 23.0 Å². The molecule has 0 spiro atoms. The molecule has 7 aromatic carbocycles. The summed E-state index contributed by atoms with van der Waals surface area (Å²) in [5, 5.41) is 26.3. The van der Waals surface area contributed by atoms with E-state index in [0.717, 1.165) is 35.8 Å². The summed E-state index contributed by atoms with van der Waals surface area (Å²) in [4.78, 5) is 84.8. The van der Waals surface area contributed by atoms with Gasteiger partial charge in [-0.05, 0) is 122 Å². The molecule has 52 heteroatoms. The van der Waals surface area contributed by atoms with Crippen molar-refractivity contribution in [3.63, 3.8) is 0 Å². The Balaban J connectivity index is 0.000000204. The molecule has 3 aliphatic rings. The lowest BCUT2D eigenvalue weighted by atomic mass is 10.1. The summed E-state index contributed by atoms with van der Waals surface area (Å²) in [7, 11) is -18.8. The zero-order valence-corrected chi connectivity index (χ0v) is 85.6. The van der Waals surface area contributed by atoms with Crippen LogP contribution in [0.3, 0.4) is 0 Å². The largest absolute Gasteiger partial charge is 0.460 e. The average molecular weight is 2150 g/mol. The molecule has 0 unspecified atom stereocenters. The van der Waals surface area contributed by atoms with Crippen LogP contribution in [0.25, 0.3) is 0 Å². The summed E-state index contributed by atoms with van der Waals surface area (Å²) < 4.78 is 276. The van der Waals surface area contributed by atoms with Crippen molar-refractivity contribution in [3.8, 4) is 17.2 Å².